The number of hydrogen-bond donors (Lipinski definition) is 2. The van der Waals surface area contributed by atoms with Crippen molar-refractivity contribution in [3.05, 3.63) is 71.8 Å². The molecule has 116 valence electrons. The van der Waals surface area contributed by atoms with E-state index in [9.17, 15) is 14.3 Å². The number of carbonyl (C=O) groups excluding carboxylic acids is 1. The fourth-order valence-electron chi connectivity index (χ4n) is 1.98. The largest absolute Gasteiger partial charge is 0.507 e. The number of benzene rings is 1. The number of aromatic amines is 1. The number of carbonyl (C=O) groups is 1. The third-order valence-electron chi connectivity index (χ3n) is 3.14. The first kappa shape index (κ1) is 14.6. The summed E-state index contributed by atoms with van der Waals surface area (Å²) in [6.45, 7) is 0.218. The molecule has 0 aliphatic heterocycles. The van der Waals surface area contributed by atoms with Crippen LogP contribution in [-0.2, 0) is 6.54 Å². The second-order valence-electron chi connectivity index (χ2n) is 4.75. The maximum Gasteiger partial charge on any atom is 0.226 e. The highest BCUT2D eigenvalue weighted by atomic mass is 19.1. The average molecular weight is 313 g/mol. The molecule has 1 aromatic carbocycles. The molecule has 0 spiro atoms. The molecule has 0 aliphatic rings. The Morgan fingerprint density at radius 2 is 2.22 bits per heavy atom. The average Bonchev–Trinajstić information content (AvgIpc) is 3.21. The highest BCUT2D eigenvalue weighted by Gasteiger charge is 2.11. The minimum Gasteiger partial charge on any atom is -0.507 e. The predicted octanol–water partition coefficient (Wildman–Crippen LogP) is 1.97. The summed E-state index contributed by atoms with van der Waals surface area (Å²) in [5.41, 5.74) is 0.817. The lowest BCUT2D eigenvalue weighted by molar-refractivity contribution is 0.103. The summed E-state index contributed by atoms with van der Waals surface area (Å²) in [5, 5.41) is 20.0. The fraction of sp³-hybridized carbons (Fsp3) is 0.0667. The molecule has 23 heavy (non-hydrogen) atoms. The molecule has 0 radical (unpaired) electrons. The quantitative estimate of drug-likeness (QED) is 0.426. The number of aromatic nitrogens is 5. The van der Waals surface area contributed by atoms with Crippen molar-refractivity contribution in [1.29, 1.82) is 0 Å². The zero-order chi connectivity index (χ0) is 16.2. The van der Waals surface area contributed by atoms with E-state index in [1.807, 2.05) is 0 Å². The molecule has 0 bridgehead atoms. The summed E-state index contributed by atoms with van der Waals surface area (Å²) in [5.74, 6) is -1.08. The maximum absolute atomic E-state index is 13.6. The van der Waals surface area contributed by atoms with E-state index in [0.717, 1.165) is 6.08 Å². The molecule has 8 heteroatoms. The molecule has 2 N–H and O–H groups in total. The number of allylic oxidation sites excluding steroid dienone is 1. The smallest absolute Gasteiger partial charge is 0.226 e. The second kappa shape index (κ2) is 6.22. The van der Waals surface area contributed by atoms with Gasteiger partial charge in [-0.15, -0.1) is 0 Å². The highest BCUT2D eigenvalue weighted by molar-refractivity contribution is 6.05. The standard InChI is InChI=1S/C15H12FN5O2/c16-12-4-2-1-3-10(12)7-21-8-11(6-19-21)13(22)5-14(23)15-17-9-18-20-15/h1-6,8-9,22H,7H2,(H,17,18,20). The molecule has 7 nitrogen and oxygen atoms in total. The summed E-state index contributed by atoms with van der Waals surface area (Å²) in [7, 11) is 0. The number of H-pyrrole nitrogens is 1. The van der Waals surface area contributed by atoms with E-state index >= 15 is 0 Å². The van der Waals surface area contributed by atoms with Crippen molar-refractivity contribution in [2.45, 2.75) is 6.54 Å². The van der Waals surface area contributed by atoms with Crippen LogP contribution in [0.25, 0.3) is 5.76 Å². The number of hydrogen-bond acceptors (Lipinski definition) is 5. The summed E-state index contributed by atoms with van der Waals surface area (Å²) in [4.78, 5) is 15.5. The molecule has 2 aromatic heterocycles. The zero-order valence-electron chi connectivity index (χ0n) is 11.8. The van der Waals surface area contributed by atoms with Crippen LogP contribution in [0.15, 0.2) is 49.1 Å². The third-order valence-corrected chi connectivity index (χ3v) is 3.14. The van der Waals surface area contributed by atoms with Gasteiger partial charge in [-0.05, 0) is 6.07 Å². The van der Waals surface area contributed by atoms with Crippen LogP contribution in [0.1, 0.15) is 21.7 Å². The minimum absolute atomic E-state index is 0.0234. The van der Waals surface area contributed by atoms with Crippen molar-refractivity contribution in [3.63, 3.8) is 0 Å². The van der Waals surface area contributed by atoms with Gasteiger partial charge in [0.15, 0.2) is 5.82 Å². The van der Waals surface area contributed by atoms with Crippen molar-refractivity contribution >= 4 is 11.5 Å². The number of nitrogens with one attached hydrogen (secondary N) is 1. The van der Waals surface area contributed by atoms with Crippen molar-refractivity contribution in [1.82, 2.24) is 25.0 Å². The zero-order valence-corrected chi connectivity index (χ0v) is 11.8. The van der Waals surface area contributed by atoms with Gasteiger partial charge in [-0.1, -0.05) is 18.2 Å². The monoisotopic (exact) mass is 313 g/mol. The van der Waals surface area contributed by atoms with Crippen LogP contribution in [-0.4, -0.2) is 35.9 Å². The molecule has 0 unspecified atom stereocenters. The van der Waals surface area contributed by atoms with Crippen molar-refractivity contribution in [2.24, 2.45) is 0 Å². The number of nitrogens with zero attached hydrogens (tertiary/aromatic N) is 4. The summed E-state index contributed by atoms with van der Waals surface area (Å²) in [6.07, 6.45) is 5.13. The Labute approximate surface area is 130 Å². The van der Waals surface area contributed by atoms with Crippen LogP contribution in [0.5, 0.6) is 0 Å². The first-order valence-corrected chi connectivity index (χ1v) is 6.70. The fourth-order valence-corrected chi connectivity index (χ4v) is 1.98. The van der Waals surface area contributed by atoms with Gasteiger partial charge in [-0.25, -0.2) is 9.37 Å². The van der Waals surface area contributed by atoms with Crippen LogP contribution >= 0.6 is 0 Å². The number of aliphatic hydroxyl groups is 1. The first-order valence-electron chi connectivity index (χ1n) is 6.70. The topological polar surface area (TPSA) is 96.7 Å². The van der Waals surface area contributed by atoms with Gasteiger partial charge < -0.3 is 5.11 Å². The Balaban J connectivity index is 1.76. The van der Waals surface area contributed by atoms with E-state index in [-0.39, 0.29) is 23.9 Å². The molecule has 0 saturated carbocycles. The number of halogens is 1. The van der Waals surface area contributed by atoms with Gasteiger partial charge in [0.25, 0.3) is 0 Å². The molecular weight excluding hydrogens is 301 g/mol. The van der Waals surface area contributed by atoms with Crippen molar-refractivity contribution in [3.8, 4) is 0 Å². The number of ketones is 1. The molecule has 0 atom stereocenters. The Hall–Kier alpha value is -3.29. The molecular formula is C15H12FN5O2. The van der Waals surface area contributed by atoms with Crippen LogP contribution in [0.3, 0.4) is 0 Å². The van der Waals surface area contributed by atoms with E-state index in [0.29, 0.717) is 11.1 Å². The molecule has 2 heterocycles. The van der Waals surface area contributed by atoms with Gasteiger partial charge in [-0.2, -0.15) is 10.2 Å². The lowest BCUT2D eigenvalue weighted by atomic mass is 10.2. The molecule has 0 fully saturated rings. The van der Waals surface area contributed by atoms with E-state index in [2.05, 4.69) is 20.3 Å². The Morgan fingerprint density at radius 1 is 1.39 bits per heavy atom. The lowest BCUT2D eigenvalue weighted by Gasteiger charge is -2.02. The summed E-state index contributed by atoms with van der Waals surface area (Å²) < 4.78 is 15.1. The molecule has 0 aliphatic carbocycles. The minimum atomic E-state index is -0.512. The second-order valence-corrected chi connectivity index (χ2v) is 4.75. The summed E-state index contributed by atoms with van der Waals surface area (Å²) in [6, 6.07) is 6.36. The van der Waals surface area contributed by atoms with E-state index in [4.69, 9.17) is 0 Å². The van der Waals surface area contributed by atoms with E-state index in [1.54, 1.807) is 18.2 Å². The van der Waals surface area contributed by atoms with Gasteiger partial charge >= 0.3 is 0 Å². The van der Waals surface area contributed by atoms with Crippen molar-refractivity contribution in [2.75, 3.05) is 0 Å². The van der Waals surface area contributed by atoms with Gasteiger partial charge in [0.2, 0.25) is 5.78 Å². The van der Waals surface area contributed by atoms with Gasteiger partial charge in [0, 0.05) is 17.8 Å². The van der Waals surface area contributed by atoms with Crippen LogP contribution in [0, 0.1) is 5.82 Å². The van der Waals surface area contributed by atoms with Gasteiger partial charge in [-0.3, -0.25) is 14.6 Å². The molecule has 3 rings (SSSR count). The third kappa shape index (κ3) is 3.31. The van der Waals surface area contributed by atoms with Gasteiger partial charge in [0.05, 0.1) is 18.3 Å². The van der Waals surface area contributed by atoms with Crippen molar-refractivity contribution < 1.29 is 14.3 Å². The Morgan fingerprint density at radius 3 is 2.96 bits per heavy atom. The van der Waals surface area contributed by atoms with E-state index in [1.165, 1.54) is 29.5 Å². The first-order chi connectivity index (χ1) is 11.1. The maximum atomic E-state index is 13.6. The predicted molar refractivity (Wildman–Crippen MR) is 79.0 cm³/mol. The number of rotatable bonds is 5. The number of aliphatic hydroxyl groups excluding tert-OH is 1. The van der Waals surface area contributed by atoms with E-state index < -0.39 is 5.78 Å². The Kier molecular flexibility index (Phi) is 3.96. The molecule has 0 saturated heterocycles. The van der Waals surface area contributed by atoms with Crippen LogP contribution < -0.4 is 0 Å². The summed E-state index contributed by atoms with van der Waals surface area (Å²) >= 11 is 0. The Bertz CT molecular complexity index is 854. The highest BCUT2D eigenvalue weighted by Crippen LogP contribution is 2.13. The lowest BCUT2D eigenvalue weighted by Crippen LogP contribution is -2.02. The molecule has 3 aromatic rings. The normalized spacial score (nSPS) is 11.6. The molecule has 0 amide bonds. The van der Waals surface area contributed by atoms with Crippen LogP contribution in [0.4, 0.5) is 4.39 Å². The SMILES string of the molecule is O=C(C=C(O)c1cnn(Cc2ccccc2F)c1)c1ncn[nH]1. The van der Waals surface area contributed by atoms with Gasteiger partial charge in [0.1, 0.15) is 17.9 Å². The van der Waals surface area contributed by atoms with Crippen LogP contribution in [0.2, 0.25) is 0 Å².